The number of nitrogens with zero attached hydrogens (tertiary/aromatic N) is 4. The van der Waals surface area contributed by atoms with Gasteiger partial charge in [0.2, 0.25) is 5.91 Å². The highest BCUT2D eigenvalue weighted by Gasteiger charge is 2.39. The predicted molar refractivity (Wildman–Crippen MR) is 115 cm³/mol. The first kappa shape index (κ1) is 20.3. The van der Waals surface area contributed by atoms with Crippen LogP contribution in [0.25, 0.3) is 0 Å². The smallest absolute Gasteiger partial charge is 0.269 e. The summed E-state index contributed by atoms with van der Waals surface area (Å²) < 4.78 is 0. The average molecular weight is 408 g/mol. The van der Waals surface area contributed by atoms with Crippen LogP contribution in [0.1, 0.15) is 35.4 Å². The van der Waals surface area contributed by atoms with Gasteiger partial charge in [0.25, 0.3) is 5.91 Å². The van der Waals surface area contributed by atoms with Gasteiger partial charge >= 0.3 is 0 Å². The van der Waals surface area contributed by atoms with E-state index in [1.807, 2.05) is 43.1 Å². The number of carbonyl (C=O) groups excluding carboxylic acids is 2. The number of aryl methyl sites for hydroxylation is 1. The maximum atomic E-state index is 13.2. The molecule has 30 heavy (non-hydrogen) atoms. The molecule has 0 aromatic carbocycles. The van der Waals surface area contributed by atoms with Crippen molar-refractivity contribution in [3.05, 3.63) is 54.1 Å². The van der Waals surface area contributed by atoms with Crippen molar-refractivity contribution in [2.24, 2.45) is 11.8 Å². The van der Waals surface area contributed by atoms with Gasteiger partial charge in [-0.05, 0) is 56.4 Å². The number of rotatable bonds is 7. The number of hydrogen-bond donors (Lipinski definition) is 1. The molecule has 1 aliphatic heterocycles. The van der Waals surface area contributed by atoms with Gasteiger partial charge in [0.05, 0.1) is 12.0 Å². The van der Waals surface area contributed by atoms with Crippen molar-refractivity contribution in [2.45, 2.75) is 32.2 Å². The van der Waals surface area contributed by atoms with E-state index in [1.165, 1.54) is 0 Å². The van der Waals surface area contributed by atoms with Crippen LogP contribution in [0.15, 0.2) is 42.7 Å². The average Bonchev–Trinajstić information content (AvgIpc) is 3.48. The highest BCUT2D eigenvalue weighted by Crippen LogP contribution is 2.36. The summed E-state index contributed by atoms with van der Waals surface area (Å²) in [5.74, 6) is 0.433. The van der Waals surface area contributed by atoms with Crippen LogP contribution in [0.3, 0.4) is 0 Å². The number of anilines is 1. The normalized spacial score (nSPS) is 19.4. The Labute approximate surface area is 177 Å². The molecule has 4 rings (SSSR count). The Hall–Kier alpha value is -2.96. The van der Waals surface area contributed by atoms with E-state index in [-0.39, 0.29) is 23.8 Å². The highest BCUT2D eigenvalue weighted by atomic mass is 16.2. The van der Waals surface area contributed by atoms with Crippen LogP contribution in [0.4, 0.5) is 5.69 Å². The van der Waals surface area contributed by atoms with Crippen LogP contribution in [-0.4, -0.2) is 59.4 Å². The highest BCUT2D eigenvalue weighted by molar-refractivity contribution is 5.92. The molecule has 1 aliphatic carbocycles. The molecule has 2 atom stereocenters. The summed E-state index contributed by atoms with van der Waals surface area (Å²) in [5.41, 5.74) is 2.34. The first-order chi connectivity index (χ1) is 14.5. The molecule has 2 amide bonds. The summed E-state index contributed by atoms with van der Waals surface area (Å²) >= 11 is 0. The van der Waals surface area contributed by atoms with Gasteiger partial charge in [-0.2, -0.15) is 0 Å². The number of aromatic nitrogens is 2. The first-order valence-corrected chi connectivity index (χ1v) is 10.7. The molecule has 7 heteroatoms. The van der Waals surface area contributed by atoms with Crippen LogP contribution in [0.5, 0.6) is 0 Å². The summed E-state index contributed by atoms with van der Waals surface area (Å²) in [7, 11) is 1.89. The summed E-state index contributed by atoms with van der Waals surface area (Å²) in [5, 5.41) is 3.00. The Kier molecular flexibility index (Phi) is 5.97. The van der Waals surface area contributed by atoms with E-state index < -0.39 is 0 Å². The molecule has 1 N–H and O–H groups in total. The Bertz CT molecular complexity index is 899. The Morgan fingerprint density at radius 2 is 1.97 bits per heavy atom. The molecule has 3 heterocycles. The quantitative estimate of drug-likeness (QED) is 0.762. The molecule has 2 aromatic rings. The van der Waals surface area contributed by atoms with Crippen molar-refractivity contribution in [1.29, 1.82) is 0 Å². The van der Waals surface area contributed by atoms with Crippen molar-refractivity contribution >= 4 is 17.5 Å². The SMILES string of the molecule is Cc1cccc(C(=O)NCC(C2CC2)N(C)C(=O)C2CCN(c3ccncc3)C2)n1. The molecular weight excluding hydrogens is 378 g/mol. The van der Waals surface area contributed by atoms with Crippen LogP contribution in [0, 0.1) is 18.8 Å². The third-order valence-electron chi connectivity index (χ3n) is 6.17. The lowest BCUT2D eigenvalue weighted by Gasteiger charge is -2.31. The fourth-order valence-corrected chi connectivity index (χ4v) is 4.26. The van der Waals surface area contributed by atoms with E-state index >= 15 is 0 Å². The molecule has 2 aliphatic rings. The fourth-order valence-electron chi connectivity index (χ4n) is 4.26. The zero-order chi connectivity index (χ0) is 21.1. The van der Waals surface area contributed by atoms with Gasteiger partial charge in [-0.15, -0.1) is 0 Å². The maximum absolute atomic E-state index is 13.2. The molecule has 2 unspecified atom stereocenters. The number of carbonyl (C=O) groups is 2. The lowest BCUT2D eigenvalue weighted by atomic mass is 10.0. The molecule has 2 fully saturated rings. The van der Waals surface area contributed by atoms with E-state index in [0.717, 1.165) is 43.7 Å². The number of nitrogens with one attached hydrogen (secondary N) is 1. The molecule has 0 radical (unpaired) electrons. The third kappa shape index (κ3) is 4.61. The second-order valence-corrected chi connectivity index (χ2v) is 8.37. The number of hydrogen-bond acceptors (Lipinski definition) is 5. The molecule has 0 bridgehead atoms. The molecule has 1 saturated carbocycles. The van der Waals surface area contributed by atoms with Gasteiger partial charge in [0.15, 0.2) is 0 Å². The van der Waals surface area contributed by atoms with E-state index in [2.05, 4.69) is 20.2 Å². The van der Waals surface area contributed by atoms with Crippen molar-refractivity contribution in [2.75, 3.05) is 31.6 Å². The van der Waals surface area contributed by atoms with Gasteiger partial charge in [-0.1, -0.05) is 6.07 Å². The summed E-state index contributed by atoms with van der Waals surface area (Å²) in [4.78, 5) is 38.2. The minimum Gasteiger partial charge on any atom is -0.371 e. The molecule has 7 nitrogen and oxygen atoms in total. The minimum absolute atomic E-state index is 0.0152. The second kappa shape index (κ2) is 8.81. The zero-order valence-electron chi connectivity index (χ0n) is 17.6. The van der Waals surface area contributed by atoms with E-state index in [4.69, 9.17) is 0 Å². The van der Waals surface area contributed by atoms with Gasteiger partial charge in [0, 0.05) is 50.5 Å². The van der Waals surface area contributed by atoms with Gasteiger partial charge in [0.1, 0.15) is 5.69 Å². The molecule has 158 valence electrons. The molecule has 2 aromatic heterocycles. The van der Waals surface area contributed by atoms with Crippen LogP contribution >= 0.6 is 0 Å². The standard InChI is InChI=1S/C23H29N5O2/c1-16-4-3-5-20(26-16)22(29)25-14-21(17-6-7-17)27(2)23(30)18-10-13-28(15-18)19-8-11-24-12-9-19/h3-5,8-9,11-12,17-18,21H,6-7,10,13-15H2,1-2H3,(H,25,29). The van der Waals surface area contributed by atoms with Gasteiger partial charge < -0.3 is 15.1 Å². The number of pyridine rings is 2. The van der Waals surface area contributed by atoms with Gasteiger partial charge in [-0.3, -0.25) is 14.6 Å². The predicted octanol–water partition coefficient (Wildman–Crippen LogP) is 2.28. The maximum Gasteiger partial charge on any atom is 0.269 e. The summed E-state index contributed by atoms with van der Waals surface area (Å²) in [6.45, 7) is 3.93. The molecular formula is C23H29N5O2. The van der Waals surface area contributed by atoms with Crippen LogP contribution < -0.4 is 10.2 Å². The molecule has 1 saturated heterocycles. The van der Waals surface area contributed by atoms with Gasteiger partial charge in [-0.25, -0.2) is 4.98 Å². The molecule has 0 spiro atoms. The monoisotopic (exact) mass is 407 g/mol. The van der Waals surface area contributed by atoms with Crippen molar-refractivity contribution in [1.82, 2.24) is 20.2 Å². The Morgan fingerprint density at radius 1 is 1.20 bits per heavy atom. The largest absolute Gasteiger partial charge is 0.371 e. The lowest BCUT2D eigenvalue weighted by Crippen LogP contribution is -2.48. The topological polar surface area (TPSA) is 78.4 Å². The van der Waals surface area contributed by atoms with Crippen molar-refractivity contribution in [3.63, 3.8) is 0 Å². The fraction of sp³-hybridized carbons (Fsp3) is 0.478. The summed E-state index contributed by atoms with van der Waals surface area (Å²) in [6.07, 6.45) is 6.63. The van der Waals surface area contributed by atoms with Crippen LogP contribution in [-0.2, 0) is 4.79 Å². The first-order valence-electron chi connectivity index (χ1n) is 10.7. The van der Waals surface area contributed by atoms with E-state index in [0.29, 0.717) is 18.2 Å². The van der Waals surface area contributed by atoms with Crippen LogP contribution in [0.2, 0.25) is 0 Å². The number of amides is 2. The number of likely N-dealkylation sites (N-methyl/N-ethyl adjacent to an activating group) is 1. The zero-order valence-corrected chi connectivity index (χ0v) is 17.6. The van der Waals surface area contributed by atoms with Crippen molar-refractivity contribution in [3.8, 4) is 0 Å². The summed E-state index contributed by atoms with van der Waals surface area (Å²) in [6, 6.07) is 9.42. The second-order valence-electron chi connectivity index (χ2n) is 8.37. The van der Waals surface area contributed by atoms with Crippen molar-refractivity contribution < 1.29 is 9.59 Å². The Morgan fingerprint density at radius 3 is 2.67 bits per heavy atom. The van der Waals surface area contributed by atoms with E-state index in [9.17, 15) is 9.59 Å². The Balaban J connectivity index is 1.36. The third-order valence-corrected chi connectivity index (χ3v) is 6.17. The minimum atomic E-state index is -0.185. The van der Waals surface area contributed by atoms with E-state index in [1.54, 1.807) is 18.5 Å². The lowest BCUT2D eigenvalue weighted by molar-refractivity contribution is -0.136.